The highest BCUT2D eigenvalue weighted by atomic mass is 32.2. The number of rotatable bonds is 10. The maximum Gasteiger partial charge on any atom is 0.269 e. The molecule has 228 valence electrons. The molecule has 2 heterocycles. The maximum atomic E-state index is 13.6. The van der Waals surface area contributed by atoms with Gasteiger partial charge in [0.25, 0.3) is 5.91 Å². The predicted octanol–water partition coefficient (Wildman–Crippen LogP) is 4.24. The first-order valence-corrected chi connectivity index (χ1v) is 15.2. The molecule has 0 spiro atoms. The van der Waals surface area contributed by atoms with Crippen LogP contribution in [-0.2, 0) is 22.3 Å². The number of ether oxygens (including phenoxy) is 3. The summed E-state index contributed by atoms with van der Waals surface area (Å²) in [6, 6.07) is 14.6. The number of fused-ring (bicyclic) bond motifs is 1. The Hall–Kier alpha value is -3.75. The van der Waals surface area contributed by atoms with E-state index in [0.29, 0.717) is 43.3 Å². The van der Waals surface area contributed by atoms with E-state index in [0.717, 1.165) is 27.8 Å². The van der Waals surface area contributed by atoms with Gasteiger partial charge in [-0.05, 0) is 69.2 Å². The lowest BCUT2D eigenvalue weighted by molar-refractivity contribution is 0.0932. The minimum absolute atomic E-state index is 0.0858. The third-order valence-electron chi connectivity index (χ3n) is 6.99. The second-order valence-corrected chi connectivity index (χ2v) is 13.2. The first-order chi connectivity index (χ1) is 20.6. The van der Waals surface area contributed by atoms with E-state index < -0.39 is 15.7 Å². The molecule has 1 aliphatic rings. The van der Waals surface area contributed by atoms with E-state index in [1.54, 1.807) is 27.4 Å². The van der Waals surface area contributed by atoms with Crippen LogP contribution in [0.1, 0.15) is 66.0 Å². The number of carbonyl (C=O) groups excluding carboxylic acids is 1. The van der Waals surface area contributed by atoms with Gasteiger partial charge in [0.1, 0.15) is 16.7 Å². The number of amides is 1. The van der Waals surface area contributed by atoms with Crippen LogP contribution in [0.5, 0.6) is 11.5 Å². The second kappa shape index (κ2) is 14.1. The lowest BCUT2D eigenvalue weighted by atomic mass is 9.95. The van der Waals surface area contributed by atoms with Crippen LogP contribution in [0, 0.1) is 11.8 Å². The van der Waals surface area contributed by atoms with Crippen molar-refractivity contribution in [3.05, 3.63) is 76.5 Å². The van der Waals surface area contributed by atoms with Crippen molar-refractivity contribution in [3.63, 3.8) is 0 Å². The number of carbonyl (C=O) groups is 1. The fourth-order valence-corrected chi connectivity index (χ4v) is 6.37. The number of benzene rings is 2. The molecular formula is C33H39N3O6S. The zero-order valence-corrected chi connectivity index (χ0v) is 26.3. The van der Waals surface area contributed by atoms with Crippen LogP contribution in [0.4, 0.5) is 0 Å². The largest absolute Gasteiger partial charge is 0.493 e. The zero-order chi connectivity index (χ0) is 31.1. The molecule has 4 rings (SSSR count). The Morgan fingerprint density at radius 3 is 2.44 bits per heavy atom. The molecule has 0 fully saturated rings. The van der Waals surface area contributed by atoms with Gasteiger partial charge in [-0.15, -0.1) is 0 Å². The van der Waals surface area contributed by atoms with Gasteiger partial charge in [-0.25, -0.2) is 13.5 Å². The summed E-state index contributed by atoms with van der Waals surface area (Å²) < 4.78 is 30.8. The zero-order valence-electron chi connectivity index (χ0n) is 25.5. The van der Waals surface area contributed by atoms with Crippen molar-refractivity contribution >= 4 is 16.9 Å². The topological polar surface area (TPSA) is 110 Å². The first-order valence-electron chi connectivity index (χ1n) is 14.1. The number of aliphatic hydroxyl groups excluding tert-OH is 1. The summed E-state index contributed by atoms with van der Waals surface area (Å²) in [5.41, 5.74) is 4.89. The summed E-state index contributed by atoms with van der Waals surface area (Å²) >= 11 is 0. The standard InChI is InChI=1S/C33H39N3O6S/c1-33(2,3)43(39)36-21-25-20-26(32(38)34-15-17-40-4)35-31(30(25)27(36)14-16-37)24-9-7-8-22(18-24)10-11-23-12-13-28(41-5)29(19-23)42-6/h7-9,12-13,18-20,27,37H,14-17,21H2,1-6H3,(H,34,38)/t27-,43?/m1/s1. The van der Waals surface area contributed by atoms with E-state index in [2.05, 4.69) is 17.2 Å². The predicted molar refractivity (Wildman–Crippen MR) is 167 cm³/mol. The van der Waals surface area contributed by atoms with Crippen LogP contribution >= 0.6 is 0 Å². The Labute approximate surface area is 256 Å². The molecule has 9 nitrogen and oxygen atoms in total. The quantitative estimate of drug-likeness (QED) is 0.263. The SMILES string of the molecule is COCCNC(=O)c1cc2c(c(-c3cccc(C#Cc4ccc(OC)c(OC)c4)c3)n1)[C@@H](CCO)N(S(=O)C(C)(C)C)C2. The highest BCUT2D eigenvalue weighted by molar-refractivity contribution is 7.84. The van der Waals surface area contributed by atoms with E-state index in [1.165, 1.54) is 0 Å². The molecular weight excluding hydrogens is 566 g/mol. The lowest BCUT2D eigenvalue weighted by Gasteiger charge is -2.30. The van der Waals surface area contributed by atoms with E-state index in [4.69, 9.17) is 19.2 Å². The summed E-state index contributed by atoms with van der Waals surface area (Å²) in [4.78, 5) is 18.0. The van der Waals surface area contributed by atoms with Gasteiger partial charge in [0.2, 0.25) is 0 Å². The van der Waals surface area contributed by atoms with Crippen LogP contribution in [0.3, 0.4) is 0 Å². The van der Waals surface area contributed by atoms with E-state index in [9.17, 15) is 14.1 Å². The Bertz CT molecular complexity index is 1560. The van der Waals surface area contributed by atoms with Crippen molar-refractivity contribution in [3.8, 4) is 34.6 Å². The lowest BCUT2D eigenvalue weighted by Crippen LogP contribution is -2.36. The first kappa shape index (κ1) is 32.2. The van der Waals surface area contributed by atoms with Crippen LogP contribution in [0.25, 0.3) is 11.3 Å². The van der Waals surface area contributed by atoms with Crippen LogP contribution in [-0.4, -0.2) is 70.3 Å². The Morgan fingerprint density at radius 1 is 1.07 bits per heavy atom. The van der Waals surface area contributed by atoms with E-state index in [-0.39, 0.29) is 24.2 Å². The smallest absolute Gasteiger partial charge is 0.269 e. The third-order valence-corrected chi connectivity index (χ3v) is 8.84. The minimum Gasteiger partial charge on any atom is -0.493 e. The van der Waals surface area contributed by atoms with Crippen LogP contribution in [0.15, 0.2) is 48.5 Å². The average molecular weight is 606 g/mol. The molecule has 2 aromatic carbocycles. The Morgan fingerprint density at radius 2 is 1.79 bits per heavy atom. The maximum absolute atomic E-state index is 13.6. The van der Waals surface area contributed by atoms with E-state index >= 15 is 0 Å². The van der Waals surface area contributed by atoms with Gasteiger partial charge in [0.05, 0.1) is 37.3 Å². The van der Waals surface area contributed by atoms with Crippen LogP contribution < -0.4 is 14.8 Å². The van der Waals surface area contributed by atoms with Gasteiger partial charge >= 0.3 is 0 Å². The normalized spacial score (nSPS) is 15.3. The second-order valence-electron chi connectivity index (χ2n) is 11.0. The minimum atomic E-state index is -1.36. The highest BCUT2D eigenvalue weighted by Gasteiger charge is 2.40. The molecule has 2 atom stereocenters. The van der Waals surface area contributed by atoms with Crippen molar-refractivity contribution in [1.29, 1.82) is 0 Å². The average Bonchev–Trinajstić information content (AvgIpc) is 3.36. The molecule has 3 aromatic rings. The number of aliphatic hydroxyl groups is 1. The summed E-state index contributed by atoms with van der Waals surface area (Å²) in [7, 11) is 3.38. The summed E-state index contributed by atoms with van der Waals surface area (Å²) in [5, 5.41) is 12.9. The van der Waals surface area contributed by atoms with Crippen LogP contribution in [0.2, 0.25) is 0 Å². The van der Waals surface area contributed by atoms with Gasteiger partial charge in [-0.2, -0.15) is 0 Å². The molecule has 2 N–H and O–H groups in total. The molecule has 1 unspecified atom stereocenters. The number of hydrogen-bond acceptors (Lipinski definition) is 7. The third kappa shape index (κ3) is 7.43. The highest BCUT2D eigenvalue weighted by Crippen LogP contribution is 2.44. The Balaban J connectivity index is 1.80. The van der Waals surface area contributed by atoms with Gasteiger partial charge < -0.3 is 24.6 Å². The number of hydrogen-bond donors (Lipinski definition) is 2. The monoisotopic (exact) mass is 605 g/mol. The van der Waals surface area contributed by atoms with Crippen molar-refractivity contribution in [2.24, 2.45) is 0 Å². The molecule has 43 heavy (non-hydrogen) atoms. The molecule has 0 radical (unpaired) electrons. The summed E-state index contributed by atoms with van der Waals surface area (Å²) in [6.07, 6.45) is 0.377. The Kier molecular flexibility index (Phi) is 10.6. The van der Waals surface area contributed by atoms with Gasteiger partial charge in [0, 0.05) is 49.1 Å². The number of methoxy groups -OCH3 is 3. The van der Waals surface area contributed by atoms with Crippen molar-refractivity contribution in [2.75, 3.05) is 41.1 Å². The molecule has 1 amide bonds. The molecule has 0 saturated heterocycles. The molecule has 0 aliphatic carbocycles. The number of nitrogens with zero attached hydrogens (tertiary/aromatic N) is 2. The fraction of sp³-hybridized carbons (Fsp3) is 0.394. The number of aromatic nitrogens is 1. The van der Waals surface area contributed by atoms with Gasteiger partial charge in [-0.1, -0.05) is 24.0 Å². The molecule has 0 bridgehead atoms. The number of pyridine rings is 1. The van der Waals surface area contributed by atoms with Crippen molar-refractivity contribution < 1.29 is 28.3 Å². The van der Waals surface area contributed by atoms with Gasteiger partial charge in [-0.3, -0.25) is 4.79 Å². The fourth-order valence-electron chi connectivity index (χ4n) is 4.97. The van der Waals surface area contributed by atoms with E-state index in [1.807, 2.05) is 67.5 Å². The molecule has 10 heteroatoms. The molecule has 1 aliphatic heterocycles. The van der Waals surface area contributed by atoms with Gasteiger partial charge in [0.15, 0.2) is 11.5 Å². The summed E-state index contributed by atoms with van der Waals surface area (Å²) in [5.74, 6) is 7.30. The van der Waals surface area contributed by atoms with Crippen molar-refractivity contribution in [1.82, 2.24) is 14.6 Å². The van der Waals surface area contributed by atoms with Crippen molar-refractivity contribution in [2.45, 2.75) is 44.5 Å². The number of nitrogens with one attached hydrogen (secondary N) is 1. The summed E-state index contributed by atoms with van der Waals surface area (Å²) in [6.45, 7) is 6.79. The molecule has 0 saturated carbocycles. The molecule has 1 aromatic heterocycles.